The van der Waals surface area contributed by atoms with E-state index in [1.807, 2.05) is 0 Å². The number of unbranched alkanes of at least 4 members (excludes halogenated alkanes) is 38. The van der Waals surface area contributed by atoms with Crippen LogP contribution in [0.5, 0.6) is 0 Å². The second-order valence-electron chi connectivity index (χ2n) is 22.4. The monoisotopic (exact) mass is 1070 g/mol. The molecule has 0 heterocycles. The van der Waals surface area contributed by atoms with Gasteiger partial charge in [0, 0.05) is 19.3 Å². The summed E-state index contributed by atoms with van der Waals surface area (Å²) in [7, 11) is 0. The number of ether oxygens (including phenoxy) is 3. The van der Waals surface area contributed by atoms with Gasteiger partial charge in [0.25, 0.3) is 0 Å². The number of allylic oxidation sites excluding steroid dienone is 12. The summed E-state index contributed by atoms with van der Waals surface area (Å²) in [6.07, 6.45) is 85.0. The minimum atomic E-state index is -0.773. The van der Waals surface area contributed by atoms with E-state index in [1.165, 1.54) is 212 Å². The maximum Gasteiger partial charge on any atom is 0.306 e. The Hall–Kier alpha value is -3.15. The van der Waals surface area contributed by atoms with Crippen molar-refractivity contribution in [3.8, 4) is 0 Å². The van der Waals surface area contributed by atoms with Gasteiger partial charge in [-0.2, -0.15) is 0 Å². The van der Waals surface area contributed by atoms with E-state index in [4.69, 9.17) is 14.2 Å². The molecule has 0 saturated carbocycles. The highest BCUT2D eigenvalue weighted by Gasteiger charge is 2.19. The molecule has 1 unspecified atom stereocenters. The standard InChI is InChI=1S/C71H126O6/c1-4-7-10-13-16-19-21-23-25-27-29-30-31-32-33-34-35-36-37-38-39-40-42-43-45-47-49-52-55-58-61-64-70(73)76-67-68(66-75-69(72)63-60-57-54-51-18-15-12-9-6-3)77-71(74)65-62-59-56-53-50-48-46-44-41-28-26-24-22-20-17-14-11-8-5-2/h7,10,16,19,23-26,29-30,32-33,68H,4-6,8-9,11-15,17-18,20-22,27-28,31,34-67H2,1-3H3/b10-7-,19-16-,25-23-,26-24-,30-29-,33-32-. The van der Waals surface area contributed by atoms with Gasteiger partial charge in [-0.1, -0.05) is 306 Å². The lowest BCUT2D eigenvalue weighted by molar-refractivity contribution is -0.167. The quantitative estimate of drug-likeness (QED) is 0.0261. The molecule has 0 amide bonds. The lowest BCUT2D eigenvalue weighted by Crippen LogP contribution is -2.30. The van der Waals surface area contributed by atoms with Crippen molar-refractivity contribution >= 4 is 17.9 Å². The van der Waals surface area contributed by atoms with E-state index >= 15 is 0 Å². The Morgan fingerprint density at radius 2 is 0.506 bits per heavy atom. The Kier molecular flexibility index (Phi) is 62.7. The van der Waals surface area contributed by atoms with Gasteiger partial charge in [-0.05, 0) is 89.9 Å². The van der Waals surface area contributed by atoms with Crippen molar-refractivity contribution in [3.05, 3.63) is 72.9 Å². The first kappa shape index (κ1) is 73.8. The molecule has 0 aliphatic carbocycles. The Morgan fingerprint density at radius 3 is 0.805 bits per heavy atom. The first-order valence-corrected chi connectivity index (χ1v) is 33.4. The second-order valence-corrected chi connectivity index (χ2v) is 22.4. The van der Waals surface area contributed by atoms with Crippen molar-refractivity contribution < 1.29 is 28.6 Å². The van der Waals surface area contributed by atoms with E-state index in [9.17, 15) is 14.4 Å². The zero-order valence-corrected chi connectivity index (χ0v) is 51.2. The van der Waals surface area contributed by atoms with E-state index in [1.54, 1.807) is 0 Å². The molecule has 1 atom stereocenters. The largest absolute Gasteiger partial charge is 0.462 e. The number of carbonyl (C=O) groups excluding carboxylic acids is 3. The first-order valence-electron chi connectivity index (χ1n) is 33.4. The normalized spacial score (nSPS) is 12.5. The van der Waals surface area contributed by atoms with Crippen LogP contribution in [0.4, 0.5) is 0 Å². The molecule has 0 saturated heterocycles. The van der Waals surface area contributed by atoms with Gasteiger partial charge in [0.2, 0.25) is 0 Å². The van der Waals surface area contributed by atoms with Crippen molar-refractivity contribution in [2.24, 2.45) is 0 Å². The topological polar surface area (TPSA) is 78.9 Å². The van der Waals surface area contributed by atoms with Crippen molar-refractivity contribution in [1.29, 1.82) is 0 Å². The lowest BCUT2D eigenvalue weighted by Gasteiger charge is -2.18. The number of hydrogen-bond acceptors (Lipinski definition) is 6. The lowest BCUT2D eigenvalue weighted by atomic mass is 10.0. The van der Waals surface area contributed by atoms with Gasteiger partial charge < -0.3 is 14.2 Å². The van der Waals surface area contributed by atoms with Gasteiger partial charge in [-0.15, -0.1) is 0 Å². The summed E-state index contributed by atoms with van der Waals surface area (Å²) >= 11 is 0. The summed E-state index contributed by atoms with van der Waals surface area (Å²) in [6.45, 7) is 6.54. The van der Waals surface area contributed by atoms with Crippen LogP contribution >= 0.6 is 0 Å². The molecule has 0 aliphatic rings. The number of carbonyl (C=O) groups is 3. The smallest absolute Gasteiger partial charge is 0.306 e. The Bertz CT molecular complexity index is 1420. The van der Waals surface area contributed by atoms with Crippen LogP contribution in [0.25, 0.3) is 0 Å². The molecule has 6 nitrogen and oxygen atoms in total. The van der Waals surface area contributed by atoms with Crippen molar-refractivity contribution in [3.63, 3.8) is 0 Å². The summed E-state index contributed by atoms with van der Waals surface area (Å²) < 4.78 is 16.9. The molecule has 6 heteroatoms. The minimum Gasteiger partial charge on any atom is -0.462 e. The average Bonchev–Trinajstić information content (AvgIpc) is 3.43. The molecule has 0 N–H and O–H groups in total. The van der Waals surface area contributed by atoms with Crippen LogP contribution in [0, 0.1) is 0 Å². The Balaban J connectivity index is 4.12. The van der Waals surface area contributed by atoms with E-state index in [0.717, 1.165) is 89.9 Å². The van der Waals surface area contributed by atoms with Crippen LogP contribution in [-0.2, 0) is 28.6 Å². The molecular weight excluding hydrogens is 949 g/mol. The first-order chi connectivity index (χ1) is 38.0. The zero-order chi connectivity index (χ0) is 55.7. The highest BCUT2D eigenvalue weighted by atomic mass is 16.6. The molecule has 0 aromatic carbocycles. The Morgan fingerprint density at radius 1 is 0.273 bits per heavy atom. The molecule has 0 bridgehead atoms. The third kappa shape index (κ3) is 63.6. The van der Waals surface area contributed by atoms with E-state index in [0.29, 0.717) is 19.3 Å². The van der Waals surface area contributed by atoms with Crippen LogP contribution in [0.1, 0.15) is 342 Å². The maximum atomic E-state index is 12.9. The van der Waals surface area contributed by atoms with Crippen LogP contribution in [0.2, 0.25) is 0 Å². The Labute approximate surface area is 478 Å². The van der Waals surface area contributed by atoms with E-state index < -0.39 is 6.10 Å². The van der Waals surface area contributed by atoms with Gasteiger partial charge >= 0.3 is 17.9 Å². The fourth-order valence-corrected chi connectivity index (χ4v) is 9.70. The molecule has 446 valence electrons. The van der Waals surface area contributed by atoms with Crippen LogP contribution in [0.15, 0.2) is 72.9 Å². The number of rotatable bonds is 61. The van der Waals surface area contributed by atoms with Crippen LogP contribution in [-0.4, -0.2) is 37.2 Å². The highest BCUT2D eigenvalue weighted by Crippen LogP contribution is 2.17. The van der Waals surface area contributed by atoms with E-state index in [2.05, 4.69) is 93.7 Å². The van der Waals surface area contributed by atoms with Gasteiger partial charge in [0.15, 0.2) is 6.10 Å². The molecule has 0 radical (unpaired) electrons. The van der Waals surface area contributed by atoms with Crippen molar-refractivity contribution in [1.82, 2.24) is 0 Å². The summed E-state index contributed by atoms with van der Waals surface area (Å²) in [5.41, 5.74) is 0. The molecule has 77 heavy (non-hydrogen) atoms. The minimum absolute atomic E-state index is 0.0712. The molecule has 0 spiro atoms. The number of hydrogen-bond donors (Lipinski definition) is 0. The number of esters is 3. The van der Waals surface area contributed by atoms with Gasteiger partial charge in [-0.25, -0.2) is 0 Å². The second kappa shape index (κ2) is 65.4. The summed E-state index contributed by atoms with van der Waals surface area (Å²) in [6, 6.07) is 0. The van der Waals surface area contributed by atoms with Crippen molar-refractivity contribution in [2.45, 2.75) is 348 Å². The summed E-state index contributed by atoms with van der Waals surface area (Å²) in [5.74, 6) is -0.859. The van der Waals surface area contributed by atoms with Crippen LogP contribution < -0.4 is 0 Å². The molecule has 0 fully saturated rings. The summed E-state index contributed by atoms with van der Waals surface area (Å²) in [5, 5.41) is 0. The predicted molar refractivity (Wildman–Crippen MR) is 335 cm³/mol. The van der Waals surface area contributed by atoms with E-state index in [-0.39, 0.29) is 31.1 Å². The molecule has 0 aromatic heterocycles. The average molecular weight is 1080 g/mol. The molecule has 0 rings (SSSR count). The molecule has 0 aliphatic heterocycles. The fourth-order valence-electron chi connectivity index (χ4n) is 9.70. The van der Waals surface area contributed by atoms with Gasteiger partial charge in [0.05, 0.1) is 0 Å². The van der Waals surface area contributed by atoms with Crippen LogP contribution in [0.3, 0.4) is 0 Å². The fraction of sp³-hybridized carbons (Fsp3) is 0.789. The van der Waals surface area contributed by atoms with Gasteiger partial charge in [-0.3, -0.25) is 14.4 Å². The van der Waals surface area contributed by atoms with Gasteiger partial charge in [0.1, 0.15) is 13.2 Å². The highest BCUT2D eigenvalue weighted by molar-refractivity contribution is 5.71. The molecular formula is C71H126O6. The SMILES string of the molecule is CC/C=C\C/C=C\C/C=C\C/C=C\C/C=C\CCCCCCCCCCCCCCCCCC(=O)OCC(COC(=O)CCCCCCCCCCC)OC(=O)CCCCCCCCCCC/C=C\CCCCCCCC. The predicted octanol–water partition coefficient (Wildman–Crippen LogP) is 22.9. The summed E-state index contributed by atoms with van der Waals surface area (Å²) in [4.78, 5) is 38.2. The molecule has 0 aromatic rings. The third-order valence-corrected chi connectivity index (χ3v) is 14.7. The van der Waals surface area contributed by atoms with Crippen molar-refractivity contribution in [2.75, 3.05) is 13.2 Å². The third-order valence-electron chi connectivity index (χ3n) is 14.7. The zero-order valence-electron chi connectivity index (χ0n) is 51.2. The maximum absolute atomic E-state index is 12.9.